The predicted octanol–water partition coefficient (Wildman–Crippen LogP) is 3.05. The van der Waals surface area contributed by atoms with Crippen LogP contribution in [0.3, 0.4) is 0 Å². The van der Waals surface area contributed by atoms with Gasteiger partial charge in [0.15, 0.2) is 0 Å². The van der Waals surface area contributed by atoms with Gasteiger partial charge in [-0.1, -0.05) is 49.6 Å². The van der Waals surface area contributed by atoms with Crippen molar-refractivity contribution in [3.63, 3.8) is 0 Å². The van der Waals surface area contributed by atoms with E-state index >= 15 is 0 Å². The lowest BCUT2D eigenvalue weighted by Gasteiger charge is -2.43. The maximum absolute atomic E-state index is 13.4. The molecule has 1 aromatic carbocycles. The zero-order valence-electron chi connectivity index (χ0n) is 16.3. The van der Waals surface area contributed by atoms with Gasteiger partial charge in [-0.3, -0.25) is 4.79 Å². The molecule has 0 aromatic heterocycles. The predicted molar refractivity (Wildman–Crippen MR) is 103 cm³/mol. The number of amides is 1. The summed E-state index contributed by atoms with van der Waals surface area (Å²) in [6.07, 6.45) is 6.09. The molecule has 0 aliphatic heterocycles. The van der Waals surface area contributed by atoms with Crippen molar-refractivity contribution in [2.75, 3.05) is 34.7 Å². The van der Waals surface area contributed by atoms with Crippen molar-refractivity contribution in [1.82, 2.24) is 9.80 Å². The summed E-state index contributed by atoms with van der Waals surface area (Å²) in [4.78, 5) is 17.2. The van der Waals surface area contributed by atoms with Crippen LogP contribution in [0.1, 0.15) is 50.5 Å². The fourth-order valence-corrected chi connectivity index (χ4v) is 4.19. The fourth-order valence-electron chi connectivity index (χ4n) is 4.19. The molecule has 1 aromatic rings. The zero-order chi connectivity index (χ0) is 18.5. The summed E-state index contributed by atoms with van der Waals surface area (Å²) >= 11 is 0. The van der Waals surface area contributed by atoms with Gasteiger partial charge in [-0.05, 0) is 51.9 Å². The van der Waals surface area contributed by atoms with Crippen molar-refractivity contribution in [3.8, 4) is 0 Å². The first-order chi connectivity index (χ1) is 11.8. The Kier molecular flexibility index (Phi) is 6.64. The minimum Gasteiger partial charge on any atom is -0.390 e. The molecule has 0 radical (unpaired) electrons. The summed E-state index contributed by atoms with van der Waals surface area (Å²) < 4.78 is 0. The smallest absolute Gasteiger partial charge is 0.232 e. The van der Waals surface area contributed by atoms with Gasteiger partial charge in [-0.2, -0.15) is 0 Å². The van der Waals surface area contributed by atoms with Crippen LogP contribution in [-0.2, 0) is 10.2 Å². The minimum atomic E-state index is -0.744. The summed E-state index contributed by atoms with van der Waals surface area (Å²) in [7, 11) is 7.71. The van der Waals surface area contributed by atoms with Crippen molar-refractivity contribution in [2.24, 2.45) is 0 Å². The Hall–Kier alpha value is -1.39. The van der Waals surface area contributed by atoms with Crippen LogP contribution in [0.2, 0.25) is 0 Å². The van der Waals surface area contributed by atoms with Crippen LogP contribution in [0.15, 0.2) is 30.3 Å². The third-order valence-corrected chi connectivity index (χ3v) is 5.54. The van der Waals surface area contributed by atoms with Crippen molar-refractivity contribution in [3.05, 3.63) is 35.9 Å². The Bertz CT molecular complexity index is 550. The highest BCUT2D eigenvalue weighted by atomic mass is 16.3. The van der Waals surface area contributed by atoms with Crippen molar-refractivity contribution in [1.29, 1.82) is 0 Å². The van der Waals surface area contributed by atoms with E-state index in [0.717, 1.165) is 37.8 Å². The number of benzene rings is 1. The SMILES string of the molecule is CN(C)CCC(CC1(O)CCCCC1)(C(=O)N(C)C)c1ccccc1. The van der Waals surface area contributed by atoms with Crippen molar-refractivity contribution >= 4 is 5.91 Å². The molecular formula is C21H34N2O2. The molecular weight excluding hydrogens is 312 g/mol. The zero-order valence-corrected chi connectivity index (χ0v) is 16.3. The average Bonchev–Trinajstić information content (AvgIpc) is 2.59. The van der Waals surface area contributed by atoms with E-state index < -0.39 is 11.0 Å². The Balaban J connectivity index is 2.47. The lowest BCUT2D eigenvalue weighted by atomic mass is 9.66. The number of hydrogen-bond donors (Lipinski definition) is 1. The van der Waals surface area contributed by atoms with Gasteiger partial charge in [0.2, 0.25) is 5.91 Å². The summed E-state index contributed by atoms with van der Waals surface area (Å²) in [6, 6.07) is 10.1. The van der Waals surface area contributed by atoms with Crippen LogP contribution < -0.4 is 0 Å². The number of carbonyl (C=O) groups excluding carboxylic acids is 1. The van der Waals surface area contributed by atoms with Gasteiger partial charge in [-0.15, -0.1) is 0 Å². The molecule has 1 amide bonds. The van der Waals surface area contributed by atoms with E-state index in [1.807, 2.05) is 58.5 Å². The molecule has 1 atom stereocenters. The third-order valence-electron chi connectivity index (χ3n) is 5.54. The van der Waals surface area contributed by atoms with Gasteiger partial charge in [0.05, 0.1) is 11.0 Å². The van der Waals surface area contributed by atoms with Crippen LogP contribution >= 0.6 is 0 Å². The van der Waals surface area contributed by atoms with E-state index in [1.165, 1.54) is 6.42 Å². The molecule has 25 heavy (non-hydrogen) atoms. The molecule has 2 rings (SSSR count). The maximum atomic E-state index is 13.4. The highest BCUT2D eigenvalue weighted by Gasteiger charge is 2.47. The van der Waals surface area contributed by atoms with E-state index in [-0.39, 0.29) is 5.91 Å². The monoisotopic (exact) mass is 346 g/mol. The van der Waals surface area contributed by atoms with Crippen LogP contribution in [0.5, 0.6) is 0 Å². The quantitative estimate of drug-likeness (QED) is 0.825. The molecule has 1 unspecified atom stereocenters. The van der Waals surface area contributed by atoms with Crippen LogP contribution in [0.4, 0.5) is 0 Å². The van der Waals surface area contributed by atoms with E-state index in [4.69, 9.17) is 0 Å². The molecule has 1 N–H and O–H groups in total. The number of aliphatic hydroxyl groups is 1. The second-order valence-electron chi connectivity index (χ2n) is 8.16. The average molecular weight is 347 g/mol. The highest BCUT2D eigenvalue weighted by molar-refractivity contribution is 5.88. The Morgan fingerprint density at radius 3 is 2.20 bits per heavy atom. The van der Waals surface area contributed by atoms with Crippen molar-refractivity contribution < 1.29 is 9.90 Å². The number of nitrogens with zero attached hydrogens (tertiary/aromatic N) is 2. The Morgan fingerprint density at radius 2 is 1.68 bits per heavy atom. The maximum Gasteiger partial charge on any atom is 0.232 e. The van der Waals surface area contributed by atoms with Gasteiger partial charge in [0, 0.05) is 14.1 Å². The summed E-state index contributed by atoms with van der Waals surface area (Å²) in [6.45, 7) is 0.810. The normalized spacial score (nSPS) is 19.4. The molecule has 140 valence electrons. The first-order valence-corrected chi connectivity index (χ1v) is 9.43. The number of likely N-dealkylation sites (N-methyl/N-ethyl adjacent to an activating group) is 1. The van der Waals surface area contributed by atoms with E-state index in [1.54, 1.807) is 4.90 Å². The molecule has 0 heterocycles. The van der Waals surface area contributed by atoms with Crippen molar-refractivity contribution in [2.45, 2.75) is 56.0 Å². The molecule has 0 saturated heterocycles. The van der Waals surface area contributed by atoms with Gasteiger partial charge < -0.3 is 14.9 Å². The van der Waals surface area contributed by atoms with Gasteiger partial charge in [-0.25, -0.2) is 0 Å². The summed E-state index contributed by atoms with van der Waals surface area (Å²) in [5.41, 5.74) is -0.401. The number of rotatable bonds is 7. The Morgan fingerprint density at radius 1 is 1.08 bits per heavy atom. The molecule has 0 bridgehead atoms. The van der Waals surface area contributed by atoms with Gasteiger partial charge in [0.25, 0.3) is 0 Å². The second kappa shape index (κ2) is 8.33. The van der Waals surface area contributed by atoms with Gasteiger partial charge >= 0.3 is 0 Å². The van der Waals surface area contributed by atoms with Crippen LogP contribution in [-0.4, -0.2) is 61.2 Å². The molecule has 4 nitrogen and oxygen atoms in total. The first-order valence-electron chi connectivity index (χ1n) is 9.43. The topological polar surface area (TPSA) is 43.8 Å². The summed E-state index contributed by atoms with van der Waals surface area (Å²) in [5, 5.41) is 11.3. The third kappa shape index (κ3) is 4.83. The lowest BCUT2D eigenvalue weighted by molar-refractivity contribution is -0.139. The largest absolute Gasteiger partial charge is 0.390 e. The molecule has 1 aliphatic carbocycles. The molecule has 4 heteroatoms. The molecule has 1 saturated carbocycles. The second-order valence-corrected chi connectivity index (χ2v) is 8.16. The standard InChI is InChI=1S/C21H34N2O2/c1-22(2)16-15-21(19(24)23(3)4,18-11-7-5-8-12-18)17-20(25)13-9-6-10-14-20/h5,7-8,11-12,25H,6,9-10,13-17H2,1-4H3. The van der Waals surface area contributed by atoms with Gasteiger partial charge in [0.1, 0.15) is 0 Å². The van der Waals surface area contributed by atoms with E-state index in [0.29, 0.717) is 12.8 Å². The summed E-state index contributed by atoms with van der Waals surface area (Å²) in [5.74, 6) is 0.0968. The first kappa shape index (κ1) is 19.9. The van der Waals surface area contributed by atoms with E-state index in [2.05, 4.69) is 4.90 Å². The highest BCUT2D eigenvalue weighted by Crippen LogP contribution is 2.43. The van der Waals surface area contributed by atoms with Crippen LogP contribution in [0.25, 0.3) is 0 Å². The molecule has 1 fully saturated rings. The number of hydrogen-bond acceptors (Lipinski definition) is 3. The lowest BCUT2D eigenvalue weighted by Crippen LogP contribution is -2.51. The molecule has 1 aliphatic rings. The molecule has 0 spiro atoms. The fraction of sp³-hybridized carbons (Fsp3) is 0.667. The van der Waals surface area contributed by atoms with Crippen LogP contribution in [0, 0.1) is 0 Å². The Labute approximate surface area is 152 Å². The number of carbonyl (C=O) groups is 1. The van der Waals surface area contributed by atoms with E-state index in [9.17, 15) is 9.90 Å². The minimum absolute atomic E-state index is 0.0968.